The average Bonchev–Trinajstić information content (AvgIpc) is 2.91. The van der Waals surface area contributed by atoms with Gasteiger partial charge in [-0.25, -0.2) is 13.6 Å². The zero-order valence-corrected chi connectivity index (χ0v) is 24.0. The molecule has 2 atom stereocenters. The summed E-state index contributed by atoms with van der Waals surface area (Å²) in [5.74, 6) is -2.85. The molecule has 0 aromatic heterocycles. The summed E-state index contributed by atoms with van der Waals surface area (Å²) in [6, 6.07) is 11.9. The number of rotatable bonds is 5. The van der Waals surface area contributed by atoms with Crippen molar-refractivity contribution in [3.05, 3.63) is 70.3 Å². The second-order valence-electron chi connectivity index (χ2n) is 11.6. The topological polar surface area (TPSA) is 53.1 Å². The fraction of sp³-hybridized carbons (Fsp3) is 0.548. The summed E-state index contributed by atoms with van der Waals surface area (Å²) >= 11 is 0. The van der Waals surface area contributed by atoms with E-state index in [1.807, 2.05) is 60.9 Å². The molecule has 2 fully saturated rings. The number of carbonyl (C=O) groups excluding carboxylic acids is 2. The van der Waals surface area contributed by atoms with Crippen LogP contribution in [0.1, 0.15) is 73.5 Å². The van der Waals surface area contributed by atoms with E-state index in [1.54, 1.807) is 18.9 Å². The summed E-state index contributed by atoms with van der Waals surface area (Å²) in [7, 11) is 1.72. The molecule has 3 amide bonds. The quantitative estimate of drug-likeness (QED) is 0.451. The van der Waals surface area contributed by atoms with Crippen LogP contribution < -0.4 is 0 Å². The van der Waals surface area contributed by atoms with Crippen LogP contribution in [-0.4, -0.2) is 66.5 Å². The standard InChI is InChI=1S/C31H41F2N3O3/c1-21-17-24(19-25(18-21)31(5,32)33)23(3)34(6)29(38)36-14-13-35(28(37)30(4)11-15-39-16-12-30)20-27(36)26-10-8-7-9-22(26)2/h7-10,17-19,23,27H,11-16,20H2,1-6H3. The van der Waals surface area contributed by atoms with Gasteiger partial charge in [-0.1, -0.05) is 48.9 Å². The molecule has 6 nitrogen and oxygen atoms in total. The second-order valence-corrected chi connectivity index (χ2v) is 11.6. The minimum atomic E-state index is -2.97. The highest BCUT2D eigenvalue weighted by atomic mass is 19.3. The Hall–Kier alpha value is -3.00. The first-order chi connectivity index (χ1) is 18.3. The first-order valence-electron chi connectivity index (χ1n) is 13.8. The highest BCUT2D eigenvalue weighted by Gasteiger charge is 2.43. The van der Waals surface area contributed by atoms with Crippen molar-refractivity contribution < 1.29 is 23.1 Å². The molecule has 2 aromatic carbocycles. The van der Waals surface area contributed by atoms with Gasteiger partial charge in [0.1, 0.15) is 0 Å². The molecule has 2 aliphatic heterocycles. The number of aryl methyl sites for hydroxylation is 2. The largest absolute Gasteiger partial charge is 0.381 e. The first-order valence-corrected chi connectivity index (χ1v) is 13.8. The maximum atomic E-state index is 14.1. The molecule has 4 rings (SSSR count). The van der Waals surface area contributed by atoms with Gasteiger partial charge in [-0.3, -0.25) is 4.79 Å². The van der Waals surface area contributed by atoms with Crippen LogP contribution in [0.5, 0.6) is 0 Å². The van der Waals surface area contributed by atoms with Gasteiger partial charge in [0.2, 0.25) is 5.91 Å². The van der Waals surface area contributed by atoms with Crippen LogP contribution in [0.25, 0.3) is 0 Å². The zero-order valence-electron chi connectivity index (χ0n) is 24.0. The Bertz CT molecular complexity index is 1210. The van der Waals surface area contributed by atoms with E-state index in [-0.39, 0.29) is 23.5 Å². The Morgan fingerprint density at radius 3 is 2.41 bits per heavy atom. The lowest BCUT2D eigenvalue weighted by atomic mass is 9.80. The molecule has 2 saturated heterocycles. The normalized spacial score (nSPS) is 20.5. The predicted molar refractivity (Wildman–Crippen MR) is 148 cm³/mol. The van der Waals surface area contributed by atoms with Crippen LogP contribution in [0.15, 0.2) is 42.5 Å². The number of benzene rings is 2. The minimum Gasteiger partial charge on any atom is -0.381 e. The number of halogens is 2. The van der Waals surface area contributed by atoms with Crippen molar-refractivity contribution in [3.8, 4) is 0 Å². The van der Waals surface area contributed by atoms with Crippen LogP contribution >= 0.6 is 0 Å². The Balaban J connectivity index is 1.61. The van der Waals surface area contributed by atoms with Gasteiger partial charge >= 0.3 is 6.03 Å². The van der Waals surface area contributed by atoms with E-state index in [0.717, 1.165) is 23.6 Å². The molecule has 2 unspecified atom stereocenters. The maximum absolute atomic E-state index is 14.1. The van der Waals surface area contributed by atoms with Gasteiger partial charge in [0.25, 0.3) is 5.92 Å². The minimum absolute atomic E-state index is 0.0586. The number of piperazine rings is 1. The lowest BCUT2D eigenvalue weighted by molar-refractivity contribution is -0.149. The third kappa shape index (κ3) is 6.11. The summed E-state index contributed by atoms with van der Waals surface area (Å²) < 4.78 is 33.8. The SMILES string of the molecule is Cc1cc(C(C)N(C)C(=O)N2CCN(C(=O)C3(C)CCOCC3)CC2c2ccccc2C)cc(C(C)(F)F)c1. The third-order valence-electron chi connectivity index (χ3n) is 8.55. The Morgan fingerprint density at radius 1 is 1.10 bits per heavy atom. The molecule has 0 radical (unpaired) electrons. The van der Waals surface area contributed by atoms with Crippen molar-refractivity contribution in [1.29, 1.82) is 0 Å². The van der Waals surface area contributed by atoms with Gasteiger partial charge in [-0.15, -0.1) is 0 Å². The Kier molecular flexibility index (Phi) is 8.36. The van der Waals surface area contributed by atoms with Gasteiger partial charge in [0.15, 0.2) is 0 Å². The van der Waals surface area contributed by atoms with Crippen LogP contribution in [0, 0.1) is 19.3 Å². The third-order valence-corrected chi connectivity index (χ3v) is 8.55. The molecular weight excluding hydrogens is 500 g/mol. The van der Waals surface area contributed by atoms with E-state index in [0.29, 0.717) is 51.3 Å². The van der Waals surface area contributed by atoms with Crippen molar-refractivity contribution in [1.82, 2.24) is 14.7 Å². The number of hydrogen-bond donors (Lipinski definition) is 0. The van der Waals surface area contributed by atoms with Gasteiger partial charge in [-0.05, 0) is 56.4 Å². The number of ether oxygens (including phenoxy) is 1. The first kappa shape index (κ1) is 29.0. The Morgan fingerprint density at radius 2 is 1.77 bits per heavy atom. The number of hydrogen-bond acceptors (Lipinski definition) is 3. The molecule has 0 saturated carbocycles. The lowest BCUT2D eigenvalue weighted by Crippen LogP contribution is -2.57. The van der Waals surface area contributed by atoms with Gasteiger partial charge in [0, 0.05) is 52.4 Å². The highest BCUT2D eigenvalue weighted by molar-refractivity contribution is 5.83. The van der Waals surface area contributed by atoms with Crippen molar-refractivity contribution in [2.45, 2.75) is 65.5 Å². The number of nitrogens with zero attached hydrogens (tertiary/aromatic N) is 3. The summed E-state index contributed by atoms with van der Waals surface area (Å²) in [6.07, 6.45) is 1.38. The zero-order chi connectivity index (χ0) is 28.5. The second kappa shape index (κ2) is 11.2. The van der Waals surface area contributed by atoms with Gasteiger partial charge in [0.05, 0.1) is 17.5 Å². The van der Waals surface area contributed by atoms with E-state index in [1.165, 1.54) is 12.1 Å². The molecule has 0 N–H and O–H groups in total. The molecule has 212 valence electrons. The smallest absolute Gasteiger partial charge is 0.320 e. The summed E-state index contributed by atoms with van der Waals surface area (Å²) in [4.78, 5) is 33.0. The molecule has 0 aliphatic carbocycles. The lowest BCUT2D eigenvalue weighted by Gasteiger charge is -2.46. The van der Waals surface area contributed by atoms with E-state index < -0.39 is 17.4 Å². The molecule has 2 aliphatic rings. The number of carbonyl (C=O) groups is 2. The van der Waals surface area contributed by atoms with Crippen molar-refractivity contribution in [2.75, 3.05) is 39.9 Å². The predicted octanol–water partition coefficient (Wildman–Crippen LogP) is 6.23. The average molecular weight is 542 g/mol. The Labute approximate surface area is 230 Å². The summed E-state index contributed by atoms with van der Waals surface area (Å²) in [5.41, 5.74) is 2.92. The summed E-state index contributed by atoms with van der Waals surface area (Å²) in [6.45, 7) is 11.0. The molecule has 2 heterocycles. The summed E-state index contributed by atoms with van der Waals surface area (Å²) in [5, 5.41) is 0. The van der Waals surface area contributed by atoms with E-state index in [4.69, 9.17) is 4.74 Å². The molecule has 8 heteroatoms. The monoisotopic (exact) mass is 541 g/mol. The molecule has 0 bridgehead atoms. The molecular formula is C31H41F2N3O3. The fourth-order valence-corrected chi connectivity index (χ4v) is 5.74. The number of alkyl halides is 2. The van der Waals surface area contributed by atoms with Crippen molar-refractivity contribution in [3.63, 3.8) is 0 Å². The van der Waals surface area contributed by atoms with E-state index >= 15 is 0 Å². The van der Waals surface area contributed by atoms with E-state index in [2.05, 4.69) is 0 Å². The molecule has 2 aromatic rings. The fourth-order valence-electron chi connectivity index (χ4n) is 5.74. The van der Waals surface area contributed by atoms with Crippen LogP contribution in [-0.2, 0) is 15.5 Å². The van der Waals surface area contributed by atoms with Crippen molar-refractivity contribution >= 4 is 11.9 Å². The van der Waals surface area contributed by atoms with E-state index in [9.17, 15) is 18.4 Å². The van der Waals surface area contributed by atoms with Crippen LogP contribution in [0.3, 0.4) is 0 Å². The van der Waals surface area contributed by atoms with Crippen LogP contribution in [0.4, 0.5) is 13.6 Å². The van der Waals surface area contributed by atoms with Crippen LogP contribution in [0.2, 0.25) is 0 Å². The molecule has 0 spiro atoms. The number of urea groups is 1. The molecule has 39 heavy (non-hydrogen) atoms. The van der Waals surface area contributed by atoms with Gasteiger partial charge in [-0.2, -0.15) is 0 Å². The van der Waals surface area contributed by atoms with Gasteiger partial charge < -0.3 is 19.4 Å². The number of amides is 3. The van der Waals surface area contributed by atoms with Crippen molar-refractivity contribution in [2.24, 2.45) is 5.41 Å². The highest BCUT2D eigenvalue weighted by Crippen LogP contribution is 2.37. The maximum Gasteiger partial charge on any atom is 0.320 e.